The Bertz CT molecular complexity index is 505. The molecule has 0 aromatic heterocycles. The second kappa shape index (κ2) is 7.09. The maximum atomic E-state index is 11.7. The van der Waals surface area contributed by atoms with E-state index in [1.54, 1.807) is 19.1 Å². The summed E-state index contributed by atoms with van der Waals surface area (Å²) >= 11 is 0. The van der Waals surface area contributed by atoms with Crippen LogP contribution in [0.5, 0.6) is 0 Å². The third-order valence-electron chi connectivity index (χ3n) is 3.77. The Labute approximate surface area is 122 Å². The zero-order valence-electron chi connectivity index (χ0n) is 12.1. The molecule has 4 nitrogen and oxygen atoms in total. The topological polar surface area (TPSA) is 49.4 Å². The van der Waals surface area contributed by atoms with Crippen LogP contribution >= 0.6 is 0 Å². The normalized spacial score (nSPS) is 16.4. The average Bonchev–Trinajstić information content (AvgIpc) is 2.97. The predicted octanol–water partition coefficient (Wildman–Crippen LogP) is 2.38. The molecule has 2 rings (SSSR count). The van der Waals surface area contributed by atoms with E-state index in [1.165, 1.54) is 25.9 Å². The summed E-state index contributed by atoms with van der Waals surface area (Å²) in [6.45, 7) is 6.22. The molecule has 1 N–H and O–H groups in total. The summed E-state index contributed by atoms with van der Waals surface area (Å²) in [6, 6.07) is 7.06. The molecule has 1 aromatic carbocycles. The predicted molar refractivity (Wildman–Crippen MR) is 82.9 cm³/mol. The fraction of sp³-hybridized carbons (Fsp3) is 0.600. The van der Waals surface area contributed by atoms with Crippen LogP contribution in [-0.2, 0) is 9.84 Å². The van der Waals surface area contributed by atoms with E-state index in [1.807, 2.05) is 12.1 Å². The van der Waals surface area contributed by atoms with Gasteiger partial charge < -0.3 is 10.2 Å². The van der Waals surface area contributed by atoms with Crippen molar-refractivity contribution in [3.05, 3.63) is 24.3 Å². The minimum absolute atomic E-state index is 0.148. The highest BCUT2D eigenvalue weighted by atomic mass is 32.2. The standard InChI is InChI=1S/C15H24N2O2S/c1-2-20(18,19)15-8-6-14(7-9-15)16-10-5-13-17-11-3-4-12-17/h6-9,16H,2-5,10-13H2,1H3. The van der Waals surface area contributed by atoms with Crippen molar-refractivity contribution < 1.29 is 8.42 Å². The second-order valence-electron chi connectivity index (χ2n) is 5.26. The summed E-state index contributed by atoms with van der Waals surface area (Å²) in [6.07, 6.45) is 3.79. The maximum absolute atomic E-state index is 11.7. The molecule has 0 unspecified atom stereocenters. The first-order chi connectivity index (χ1) is 9.62. The molecule has 0 radical (unpaired) electrons. The van der Waals surface area contributed by atoms with Crippen molar-refractivity contribution in [3.63, 3.8) is 0 Å². The molecule has 1 aromatic rings. The summed E-state index contributed by atoms with van der Waals surface area (Å²) < 4.78 is 23.4. The van der Waals surface area contributed by atoms with E-state index in [0.717, 1.165) is 25.2 Å². The highest BCUT2D eigenvalue weighted by molar-refractivity contribution is 7.91. The zero-order valence-corrected chi connectivity index (χ0v) is 13.0. The van der Waals surface area contributed by atoms with Gasteiger partial charge in [-0.05, 0) is 63.2 Å². The maximum Gasteiger partial charge on any atom is 0.178 e. The van der Waals surface area contributed by atoms with E-state index in [2.05, 4.69) is 10.2 Å². The van der Waals surface area contributed by atoms with Crippen molar-refractivity contribution in [1.82, 2.24) is 4.90 Å². The Hall–Kier alpha value is -1.07. The molecule has 0 bridgehead atoms. The van der Waals surface area contributed by atoms with E-state index in [4.69, 9.17) is 0 Å². The number of anilines is 1. The van der Waals surface area contributed by atoms with Crippen molar-refractivity contribution >= 4 is 15.5 Å². The molecule has 1 aliphatic rings. The van der Waals surface area contributed by atoms with E-state index < -0.39 is 9.84 Å². The van der Waals surface area contributed by atoms with Crippen LogP contribution in [0.1, 0.15) is 26.2 Å². The molecule has 1 saturated heterocycles. The van der Waals surface area contributed by atoms with Crippen LogP contribution in [0.4, 0.5) is 5.69 Å². The van der Waals surface area contributed by atoms with Crippen molar-refractivity contribution in [2.24, 2.45) is 0 Å². The minimum atomic E-state index is -3.09. The van der Waals surface area contributed by atoms with E-state index >= 15 is 0 Å². The molecule has 0 spiro atoms. The smallest absolute Gasteiger partial charge is 0.178 e. The van der Waals surface area contributed by atoms with Crippen molar-refractivity contribution in [2.45, 2.75) is 31.1 Å². The molecule has 1 aliphatic heterocycles. The van der Waals surface area contributed by atoms with Crippen molar-refractivity contribution in [1.29, 1.82) is 0 Å². The number of hydrogen-bond acceptors (Lipinski definition) is 4. The largest absolute Gasteiger partial charge is 0.385 e. The molecule has 112 valence electrons. The Morgan fingerprint density at radius 2 is 1.80 bits per heavy atom. The van der Waals surface area contributed by atoms with Crippen LogP contribution in [0.15, 0.2) is 29.2 Å². The lowest BCUT2D eigenvalue weighted by Gasteiger charge is -2.14. The average molecular weight is 296 g/mol. The van der Waals surface area contributed by atoms with Gasteiger partial charge in [0.1, 0.15) is 0 Å². The fourth-order valence-electron chi connectivity index (χ4n) is 2.49. The van der Waals surface area contributed by atoms with E-state index in [-0.39, 0.29) is 5.75 Å². The molecule has 20 heavy (non-hydrogen) atoms. The van der Waals surface area contributed by atoms with Crippen LogP contribution < -0.4 is 5.32 Å². The van der Waals surface area contributed by atoms with Crippen LogP contribution in [0, 0.1) is 0 Å². The lowest BCUT2D eigenvalue weighted by atomic mass is 10.3. The Morgan fingerprint density at radius 3 is 2.40 bits per heavy atom. The Morgan fingerprint density at radius 1 is 1.15 bits per heavy atom. The number of nitrogens with zero attached hydrogens (tertiary/aromatic N) is 1. The molecule has 1 fully saturated rings. The summed E-state index contributed by atoms with van der Waals surface area (Å²) in [5.74, 6) is 0.148. The lowest BCUT2D eigenvalue weighted by Crippen LogP contribution is -2.22. The molecular weight excluding hydrogens is 272 g/mol. The van der Waals surface area contributed by atoms with Crippen LogP contribution in [0.25, 0.3) is 0 Å². The first-order valence-corrected chi connectivity index (χ1v) is 9.06. The van der Waals surface area contributed by atoms with Gasteiger partial charge in [0.25, 0.3) is 0 Å². The number of hydrogen-bond donors (Lipinski definition) is 1. The van der Waals surface area contributed by atoms with Gasteiger partial charge in [0.05, 0.1) is 10.6 Å². The van der Waals surface area contributed by atoms with Gasteiger partial charge in [-0.1, -0.05) is 6.92 Å². The molecule has 0 saturated carbocycles. The Balaban J connectivity index is 1.76. The summed E-state index contributed by atoms with van der Waals surface area (Å²) in [5.41, 5.74) is 0.987. The van der Waals surface area contributed by atoms with Gasteiger partial charge in [0.15, 0.2) is 9.84 Å². The van der Waals surface area contributed by atoms with Gasteiger partial charge in [-0.3, -0.25) is 0 Å². The molecule has 1 heterocycles. The summed E-state index contributed by atoms with van der Waals surface area (Å²) in [5, 5.41) is 3.34. The lowest BCUT2D eigenvalue weighted by molar-refractivity contribution is 0.337. The number of nitrogens with one attached hydrogen (secondary N) is 1. The summed E-state index contributed by atoms with van der Waals surface area (Å²) in [7, 11) is -3.09. The van der Waals surface area contributed by atoms with Gasteiger partial charge in [0, 0.05) is 12.2 Å². The van der Waals surface area contributed by atoms with Gasteiger partial charge in [-0.25, -0.2) is 8.42 Å². The van der Waals surface area contributed by atoms with Gasteiger partial charge in [-0.15, -0.1) is 0 Å². The fourth-order valence-corrected chi connectivity index (χ4v) is 3.37. The zero-order chi connectivity index (χ0) is 14.4. The van der Waals surface area contributed by atoms with Gasteiger partial charge in [0.2, 0.25) is 0 Å². The second-order valence-corrected chi connectivity index (χ2v) is 7.54. The SMILES string of the molecule is CCS(=O)(=O)c1ccc(NCCCN2CCCC2)cc1. The van der Waals surface area contributed by atoms with Gasteiger partial charge in [-0.2, -0.15) is 0 Å². The number of rotatable bonds is 7. The van der Waals surface area contributed by atoms with Crippen LogP contribution in [-0.4, -0.2) is 45.2 Å². The first-order valence-electron chi connectivity index (χ1n) is 7.41. The molecule has 0 aliphatic carbocycles. The number of sulfone groups is 1. The molecular formula is C15H24N2O2S. The van der Waals surface area contributed by atoms with Crippen molar-refractivity contribution in [2.75, 3.05) is 37.2 Å². The number of benzene rings is 1. The molecule has 0 amide bonds. The van der Waals surface area contributed by atoms with Gasteiger partial charge >= 0.3 is 0 Å². The molecule has 0 atom stereocenters. The number of likely N-dealkylation sites (tertiary alicyclic amines) is 1. The summed E-state index contributed by atoms with van der Waals surface area (Å²) in [4.78, 5) is 2.90. The van der Waals surface area contributed by atoms with Crippen LogP contribution in [0.2, 0.25) is 0 Å². The van der Waals surface area contributed by atoms with E-state index in [0.29, 0.717) is 4.90 Å². The monoisotopic (exact) mass is 296 g/mol. The minimum Gasteiger partial charge on any atom is -0.385 e. The van der Waals surface area contributed by atoms with E-state index in [9.17, 15) is 8.42 Å². The molecule has 5 heteroatoms. The Kier molecular flexibility index (Phi) is 5.43. The third-order valence-corrected chi connectivity index (χ3v) is 5.52. The quantitative estimate of drug-likeness (QED) is 0.785. The highest BCUT2D eigenvalue weighted by Crippen LogP contribution is 2.15. The first kappa shape index (κ1) is 15.3. The third kappa shape index (κ3) is 4.21. The highest BCUT2D eigenvalue weighted by Gasteiger charge is 2.11. The van der Waals surface area contributed by atoms with Crippen molar-refractivity contribution in [3.8, 4) is 0 Å². The van der Waals surface area contributed by atoms with Crippen LogP contribution in [0.3, 0.4) is 0 Å².